The Morgan fingerprint density at radius 2 is 1.74 bits per heavy atom. The number of anilines is 1. The van der Waals surface area contributed by atoms with Crippen LogP contribution in [-0.4, -0.2) is 34.2 Å². The molecule has 2 rings (SSSR count). The van der Waals surface area contributed by atoms with Gasteiger partial charge in [-0.3, -0.25) is 9.10 Å². The Kier molecular flexibility index (Phi) is 7.10. The van der Waals surface area contributed by atoms with Crippen molar-refractivity contribution in [2.75, 3.05) is 24.2 Å². The second kappa shape index (κ2) is 9.10. The number of nitrogens with zero attached hydrogens (tertiary/aromatic N) is 1. The minimum Gasteiger partial charge on any atom is -0.497 e. The zero-order valence-electron chi connectivity index (χ0n) is 15.5. The van der Waals surface area contributed by atoms with E-state index in [9.17, 15) is 13.2 Å². The quantitative estimate of drug-likeness (QED) is 0.723. The lowest BCUT2D eigenvalue weighted by Crippen LogP contribution is -2.41. The van der Waals surface area contributed by atoms with E-state index in [-0.39, 0.29) is 12.6 Å². The fourth-order valence-corrected chi connectivity index (χ4v) is 3.62. The van der Waals surface area contributed by atoms with Gasteiger partial charge in [0.05, 0.1) is 25.1 Å². The number of benzene rings is 2. The van der Waals surface area contributed by atoms with E-state index < -0.39 is 15.9 Å². The Bertz CT molecular complexity index is 868. The summed E-state index contributed by atoms with van der Waals surface area (Å²) >= 11 is 5.86. The normalized spacial score (nSPS) is 12.3. The number of hydrogen-bond acceptors (Lipinski definition) is 4. The highest BCUT2D eigenvalue weighted by Crippen LogP contribution is 2.22. The lowest BCUT2D eigenvalue weighted by Gasteiger charge is -2.24. The molecule has 1 N–H and O–H groups in total. The van der Waals surface area contributed by atoms with Gasteiger partial charge in [-0.1, -0.05) is 30.7 Å². The molecule has 2 aromatic rings. The van der Waals surface area contributed by atoms with Gasteiger partial charge in [0, 0.05) is 5.02 Å². The molecule has 0 radical (unpaired) electrons. The highest BCUT2D eigenvalue weighted by Gasteiger charge is 2.22. The number of amides is 1. The minimum atomic E-state index is -3.63. The van der Waals surface area contributed by atoms with Crippen molar-refractivity contribution >= 4 is 33.2 Å². The number of methoxy groups -OCH3 is 1. The van der Waals surface area contributed by atoms with Crippen molar-refractivity contribution in [3.05, 3.63) is 59.1 Å². The van der Waals surface area contributed by atoms with Crippen LogP contribution in [0.4, 0.5) is 5.69 Å². The van der Waals surface area contributed by atoms with Crippen LogP contribution in [-0.2, 0) is 14.8 Å². The van der Waals surface area contributed by atoms with E-state index in [1.165, 1.54) is 0 Å². The average Bonchev–Trinajstić information content (AvgIpc) is 2.64. The van der Waals surface area contributed by atoms with Crippen LogP contribution in [0, 0.1) is 0 Å². The first kappa shape index (κ1) is 21.1. The van der Waals surface area contributed by atoms with Crippen LogP contribution in [0.5, 0.6) is 5.75 Å². The van der Waals surface area contributed by atoms with Gasteiger partial charge in [-0.05, 0) is 48.4 Å². The van der Waals surface area contributed by atoms with Gasteiger partial charge in [-0.2, -0.15) is 0 Å². The minimum absolute atomic E-state index is 0.227. The fourth-order valence-electron chi connectivity index (χ4n) is 2.64. The molecule has 146 valence electrons. The first-order valence-electron chi connectivity index (χ1n) is 8.41. The summed E-state index contributed by atoms with van der Waals surface area (Å²) in [5, 5.41) is 3.38. The number of ether oxygens (including phenoxy) is 1. The van der Waals surface area contributed by atoms with Crippen LogP contribution in [0.25, 0.3) is 0 Å². The van der Waals surface area contributed by atoms with E-state index in [2.05, 4.69) is 5.32 Å². The van der Waals surface area contributed by atoms with Crippen LogP contribution in [0.3, 0.4) is 0 Å². The smallest absolute Gasteiger partial charge is 0.241 e. The predicted molar refractivity (Wildman–Crippen MR) is 108 cm³/mol. The van der Waals surface area contributed by atoms with Gasteiger partial charge in [0.25, 0.3) is 0 Å². The second-order valence-corrected chi connectivity index (χ2v) is 8.39. The maximum Gasteiger partial charge on any atom is 0.241 e. The zero-order valence-corrected chi connectivity index (χ0v) is 17.0. The summed E-state index contributed by atoms with van der Waals surface area (Å²) in [6, 6.07) is 13.5. The van der Waals surface area contributed by atoms with E-state index in [0.29, 0.717) is 17.1 Å². The van der Waals surface area contributed by atoms with Crippen LogP contribution < -0.4 is 14.4 Å². The van der Waals surface area contributed by atoms with E-state index in [4.69, 9.17) is 16.3 Å². The first-order valence-corrected chi connectivity index (χ1v) is 10.6. The Morgan fingerprint density at radius 1 is 1.15 bits per heavy atom. The summed E-state index contributed by atoms with van der Waals surface area (Å²) in [6.07, 6.45) is 1.73. The molecule has 0 aliphatic carbocycles. The molecule has 0 saturated carbocycles. The third-order valence-electron chi connectivity index (χ3n) is 4.06. The van der Waals surface area contributed by atoms with Crippen molar-refractivity contribution in [1.82, 2.24) is 5.32 Å². The number of hydrogen-bond donors (Lipinski definition) is 1. The molecule has 6 nitrogen and oxygen atoms in total. The maximum absolute atomic E-state index is 12.5. The van der Waals surface area contributed by atoms with Gasteiger partial charge in [-0.15, -0.1) is 0 Å². The molecule has 0 saturated heterocycles. The van der Waals surface area contributed by atoms with Gasteiger partial charge in [0.1, 0.15) is 12.3 Å². The van der Waals surface area contributed by atoms with E-state index in [1.54, 1.807) is 31.4 Å². The van der Waals surface area contributed by atoms with Crippen molar-refractivity contribution < 1.29 is 17.9 Å². The second-order valence-electron chi connectivity index (χ2n) is 6.05. The predicted octanol–water partition coefficient (Wildman–Crippen LogP) is 3.38. The molecule has 0 aliphatic rings. The number of sulfonamides is 1. The molecular formula is C19H23ClN2O4S. The largest absolute Gasteiger partial charge is 0.497 e. The molecule has 1 unspecified atom stereocenters. The fraction of sp³-hybridized carbons (Fsp3) is 0.316. The Morgan fingerprint density at radius 3 is 2.22 bits per heavy atom. The lowest BCUT2D eigenvalue weighted by molar-refractivity contribution is -0.120. The molecule has 0 bridgehead atoms. The van der Waals surface area contributed by atoms with E-state index in [0.717, 1.165) is 21.9 Å². The summed E-state index contributed by atoms with van der Waals surface area (Å²) in [7, 11) is -2.04. The van der Waals surface area contributed by atoms with Crippen molar-refractivity contribution in [2.45, 2.75) is 19.4 Å². The molecular weight excluding hydrogens is 388 g/mol. The molecule has 0 spiro atoms. The third-order valence-corrected chi connectivity index (χ3v) is 5.46. The van der Waals surface area contributed by atoms with Gasteiger partial charge < -0.3 is 10.1 Å². The van der Waals surface area contributed by atoms with Crippen molar-refractivity contribution in [3.63, 3.8) is 0 Å². The molecule has 0 aliphatic heterocycles. The molecule has 8 heteroatoms. The molecule has 1 amide bonds. The third kappa shape index (κ3) is 5.87. The molecule has 27 heavy (non-hydrogen) atoms. The van der Waals surface area contributed by atoms with Crippen molar-refractivity contribution in [2.24, 2.45) is 0 Å². The lowest BCUT2D eigenvalue weighted by atomic mass is 10.0. The summed E-state index contributed by atoms with van der Waals surface area (Å²) < 4.78 is 30.5. The summed E-state index contributed by atoms with van der Waals surface area (Å²) in [4.78, 5) is 12.5. The van der Waals surface area contributed by atoms with Crippen LogP contribution >= 0.6 is 11.6 Å². The van der Waals surface area contributed by atoms with Gasteiger partial charge >= 0.3 is 0 Å². The van der Waals surface area contributed by atoms with E-state index >= 15 is 0 Å². The Balaban J connectivity index is 2.15. The Hall–Kier alpha value is -2.25. The SMILES string of the molecule is CCC(NC(=O)CN(c1ccc(Cl)cc1)S(C)(=O)=O)c1ccc(OC)cc1. The van der Waals surface area contributed by atoms with Gasteiger partial charge in [0.2, 0.25) is 15.9 Å². The van der Waals surface area contributed by atoms with Crippen LogP contribution in [0.1, 0.15) is 24.9 Å². The van der Waals surface area contributed by atoms with Crippen LogP contribution in [0.2, 0.25) is 5.02 Å². The van der Waals surface area contributed by atoms with E-state index in [1.807, 2.05) is 31.2 Å². The number of rotatable bonds is 8. The zero-order chi connectivity index (χ0) is 20.0. The number of carbonyl (C=O) groups is 1. The monoisotopic (exact) mass is 410 g/mol. The number of carbonyl (C=O) groups excluding carboxylic acids is 1. The molecule has 0 heterocycles. The molecule has 0 fully saturated rings. The molecule has 2 aromatic carbocycles. The summed E-state index contributed by atoms with van der Waals surface area (Å²) in [5.74, 6) is 0.337. The molecule has 1 atom stereocenters. The highest BCUT2D eigenvalue weighted by atomic mass is 35.5. The molecule has 0 aromatic heterocycles. The summed E-state index contributed by atoms with van der Waals surface area (Å²) in [5.41, 5.74) is 1.30. The highest BCUT2D eigenvalue weighted by molar-refractivity contribution is 7.92. The number of halogens is 1. The van der Waals surface area contributed by atoms with Gasteiger partial charge in [-0.25, -0.2) is 8.42 Å². The maximum atomic E-state index is 12.5. The van der Waals surface area contributed by atoms with Gasteiger partial charge in [0.15, 0.2) is 0 Å². The summed E-state index contributed by atoms with van der Waals surface area (Å²) in [6.45, 7) is 1.63. The van der Waals surface area contributed by atoms with Crippen LogP contribution in [0.15, 0.2) is 48.5 Å². The van der Waals surface area contributed by atoms with Crippen molar-refractivity contribution in [3.8, 4) is 5.75 Å². The first-order chi connectivity index (χ1) is 12.7. The van der Waals surface area contributed by atoms with Crippen molar-refractivity contribution in [1.29, 1.82) is 0 Å². The average molecular weight is 411 g/mol. The standard InChI is InChI=1S/C19H23ClN2O4S/c1-4-18(14-5-11-17(26-2)12-6-14)21-19(23)13-22(27(3,24)25)16-9-7-15(20)8-10-16/h5-12,18H,4,13H2,1-3H3,(H,21,23). The topological polar surface area (TPSA) is 75.7 Å². The number of nitrogens with one attached hydrogen (secondary N) is 1. The Labute approximate surface area is 165 Å².